The minimum absolute atomic E-state index is 0.0766. The molecule has 21 heavy (non-hydrogen) atoms. The van der Waals surface area contributed by atoms with Crippen molar-refractivity contribution in [1.29, 1.82) is 0 Å². The Bertz CT molecular complexity index is 526. The van der Waals surface area contributed by atoms with E-state index in [1.807, 2.05) is 17.0 Å². The van der Waals surface area contributed by atoms with Gasteiger partial charge in [-0.25, -0.2) is 4.79 Å². The number of hydrogen-bond donors (Lipinski definition) is 1. The fourth-order valence-corrected chi connectivity index (χ4v) is 3.87. The molecule has 0 unspecified atom stereocenters. The zero-order chi connectivity index (χ0) is 14.8. The molecule has 1 saturated carbocycles. The number of anilines is 1. The van der Waals surface area contributed by atoms with Gasteiger partial charge in [0.1, 0.15) is 0 Å². The van der Waals surface area contributed by atoms with E-state index < -0.39 is 0 Å². The molecule has 3 rings (SSSR count). The average Bonchev–Trinajstić information content (AvgIpc) is 2.51. The van der Waals surface area contributed by atoms with Gasteiger partial charge in [-0.15, -0.1) is 0 Å². The van der Waals surface area contributed by atoms with Crippen LogP contribution < -0.4 is 5.32 Å². The maximum atomic E-state index is 12.5. The number of fused-ring (bicyclic) bond motifs is 1. The molecule has 3 nitrogen and oxygen atoms in total. The second kappa shape index (κ2) is 6.08. The zero-order valence-electron chi connectivity index (χ0n) is 13.2. The highest BCUT2D eigenvalue weighted by Gasteiger charge is 2.32. The molecule has 0 spiro atoms. The van der Waals surface area contributed by atoms with Gasteiger partial charge in [0.05, 0.1) is 0 Å². The molecular weight excluding hydrogens is 260 g/mol. The Morgan fingerprint density at radius 3 is 2.71 bits per heavy atom. The van der Waals surface area contributed by atoms with E-state index in [9.17, 15) is 4.79 Å². The SMILES string of the molecule is Cc1cccc(NC(=O)N2CC[C@@H]3CCCC[C@@H]3C2)c1C. The molecule has 2 amide bonds. The molecule has 1 aliphatic heterocycles. The largest absolute Gasteiger partial charge is 0.324 e. The van der Waals surface area contributed by atoms with Gasteiger partial charge >= 0.3 is 6.03 Å². The van der Waals surface area contributed by atoms with Crippen molar-refractivity contribution < 1.29 is 4.79 Å². The Morgan fingerprint density at radius 2 is 1.90 bits per heavy atom. The third kappa shape index (κ3) is 3.07. The summed E-state index contributed by atoms with van der Waals surface area (Å²) in [4.78, 5) is 14.5. The topological polar surface area (TPSA) is 32.3 Å². The van der Waals surface area contributed by atoms with Gasteiger partial charge in [-0.1, -0.05) is 31.4 Å². The molecule has 114 valence electrons. The molecule has 3 heteroatoms. The first kappa shape index (κ1) is 14.4. The van der Waals surface area contributed by atoms with E-state index in [1.54, 1.807) is 0 Å². The summed E-state index contributed by atoms with van der Waals surface area (Å²) in [5, 5.41) is 3.10. The zero-order valence-corrected chi connectivity index (χ0v) is 13.2. The van der Waals surface area contributed by atoms with Gasteiger partial charge in [-0.2, -0.15) is 0 Å². The molecule has 1 aliphatic carbocycles. The maximum Gasteiger partial charge on any atom is 0.321 e. The Morgan fingerprint density at radius 1 is 1.14 bits per heavy atom. The summed E-state index contributed by atoms with van der Waals surface area (Å²) in [6, 6.07) is 6.16. The number of aryl methyl sites for hydroxylation is 1. The average molecular weight is 286 g/mol. The van der Waals surface area contributed by atoms with Gasteiger partial charge in [-0.3, -0.25) is 0 Å². The van der Waals surface area contributed by atoms with Crippen molar-refractivity contribution in [3.8, 4) is 0 Å². The summed E-state index contributed by atoms with van der Waals surface area (Å²) < 4.78 is 0. The fourth-order valence-electron chi connectivity index (χ4n) is 3.87. The smallest absolute Gasteiger partial charge is 0.321 e. The van der Waals surface area contributed by atoms with Crippen molar-refractivity contribution in [3.05, 3.63) is 29.3 Å². The van der Waals surface area contributed by atoms with E-state index in [0.717, 1.165) is 30.6 Å². The van der Waals surface area contributed by atoms with Crippen molar-refractivity contribution >= 4 is 11.7 Å². The number of benzene rings is 1. The number of piperidine rings is 1. The third-order valence-electron chi connectivity index (χ3n) is 5.42. The van der Waals surface area contributed by atoms with E-state index in [1.165, 1.54) is 43.2 Å². The van der Waals surface area contributed by atoms with E-state index in [2.05, 4.69) is 25.2 Å². The summed E-state index contributed by atoms with van der Waals surface area (Å²) in [5.74, 6) is 1.60. The standard InChI is InChI=1S/C18H26N2O/c1-13-6-5-9-17(14(13)2)19-18(21)20-11-10-15-7-3-4-8-16(15)12-20/h5-6,9,15-16H,3-4,7-8,10-12H2,1-2H3,(H,19,21)/t15-,16+/m0/s1. The van der Waals surface area contributed by atoms with E-state index in [0.29, 0.717) is 0 Å². The van der Waals surface area contributed by atoms with Crippen molar-refractivity contribution in [2.45, 2.75) is 46.0 Å². The van der Waals surface area contributed by atoms with Crippen molar-refractivity contribution in [2.24, 2.45) is 11.8 Å². The van der Waals surface area contributed by atoms with Crippen LogP contribution in [0.5, 0.6) is 0 Å². The molecule has 2 fully saturated rings. The first-order chi connectivity index (χ1) is 10.1. The molecule has 1 aromatic carbocycles. The predicted octanol–water partition coefficient (Wildman–Crippen LogP) is 4.35. The van der Waals surface area contributed by atoms with Crippen LogP contribution in [0.15, 0.2) is 18.2 Å². The van der Waals surface area contributed by atoms with Crippen LogP contribution in [-0.4, -0.2) is 24.0 Å². The number of rotatable bonds is 1. The Labute approximate surface area is 127 Å². The molecule has 1 saturated heterocycles. The van der Waals surface area contributed by atoms with Gasteiger partial charge in [0.2, 0.25) is 0 Å². The quantitative estimate of drug-likeness (QED) is 0.818. The van der Waals surface area contributed by atoms with Crippen LogP contribution >= 0.6 is 0 Å². The van der Waals surface area contributed by atoms with Crippen LogP contribution in [-0.2, 0) is 0 Å². The third-order valence-corrected chi connectivity index (χ3v) is 5.42. The second-order valence-electron chi connectivity index (χ2n) is 6.72. The van der Waals surface area contributed by atoms with Crippen molar-refractivity contribution in [1.82, 2.24) is 4.90 Å². The van der Waals surface area contributed by atoms with E-state index in [-0.39, 0.29) is 6.03 Å². The molecule has 1 N–H and O–H groups in total. The van der Waals surface area contributed by atoms with Crippen LogP contribution in [0.25, 0.3) is 0 Å². The lowest BCUT2D eigenvalue weighted by atomic mass is 9.75. The monoisotopic (exact) mass is 286 g/mol. The number of hydrogen-bond acceptors (Lipinski definition) is 1. The van der Waals surface area contributed by atoms with E-state index >= 15 is 0 Å². The number of carbonyl (C=O) groups excluding carboxylic acids is 1. The first-order valence-electron chi connectivity index (χ1n) is 8.27. The minimum atomic E-state index is 0.0766. The number of likely N-dealkylation sites (tertiary alicyclic amines) is 1. The summed E-state index contributed by atoms with van der Waals surface area (Å²) in [6.07, 6.45) is 6.59. The highest BCUT2D eigenvalue weighted by molar-refractivity contribution is 5.90. The van der Waals surface area contributed by atoms with Crippen LogP contribution in [0, 0.1) is 25.7 Å². The lowest BCUT2D eigenvalue weighted by molar-refractivity contribution is 0.108. The highest BCUT2D eigenvalue weighted by Crippen LogP contribution is 2.36. The normalized spacial score (nSPS) is 25.3. The van der Waals surface area contributed by atoms with Gasteiger partial charge in [-0.05, 0) is 55.7 Å². The fraction of sp³-hybridized carbons (Fsp3) is 0.611. The van der Waals surface area contributed by atoms with E-state index in [4.69, 9.17) is 0 Å². The molecule has 0 aromatic heterocycles. The molecule has 0 radical (unpaired) electrons. The Kier molecular flexibility index (Phi) is 4.18. The summed E-state index contributed by atoms with van der Waals surface area (Å²) in [6.45, 7) is 6.01. The van der Waals surface area contributed by atoms with Gasteiger partial charge in [0.15, 0.2) is 0 Å². The summed E-state index contributed by atoms with van der Waals surface area (Å²) in [7, 11) is 0. The summed E-state index contributed by atoms with van der Waals surface area (Å²) >= 11 is 0. The van der Waals surface area contributed by atoms with Gasteiger partial charge in [0, 0.05) is 18.8 Å². The number of amides is 2. The minimum Gasteiger partial charge on any atom is -0.324 e. The molecule has 1 heterocycles. The molecule has 0 bridgehead atoms. The molecule has 2 aliphatic rings. The van der Waals surface area contributed by atoms with Crippen LogP contribution in [0.4, 0.5) is 10.5 Å². The summed E-state index contributed by atoms with van der Waals surface area (Å²) in [5.41, 5.74) is 3.34. The molecular formula is C18H26N2O. The number of carbonyl (C=O) groups is 1. The Hall–Kier alpha value is -1.51. The second-order valence-corrected chi connectivity index (χ2v) is 6.72. The Balaban J connectivity index is 1.64. The number of nitrogens with one attached hydrogen (secondary N) is 1. The predicted molar refractivity (Wildman–Crippen MR) is 86.6 cm³/mol. The highest BCUT2D eigenvalue weighted by atomic mass is 16.2. The molecule has 1 aromatic rings. The van der Waals surface area contributed by atoms with Crippen molar-refractivity contribution in [3.63, 3.8) is 0 Å². The van der Waals surface area contributed by atoms with Crippen LogP contribution in [0.2, 0.25) is 0 Å². The number of urea groups is 1. The van der Waals surface area contributed by atoms with Gasteiger partial charge < -0.3 is 10.2 Å². The lowest BCUT2D eigenvalue weighted by Crippen LogP contribution is -2.46. The molecule has 2 atom stereocenters. The maximum absolute atomic E-state index is 12.5. The van der Waals surface area contributed by atoms with Crippen molar-refractivity contribution in [2.75, 3.05) is 18.4 Å². The first-order valence-corrected chi connectivity index (χ1v) is 8.27. The van der Waals surface area contributed by atoms with Crippen LogP contribution in [0.1, 0.15) is 43.2 Å². The van der Waals surface area contributed by atoms with Gasteiger partial charge in [0.25, 0.3) is 0 Å². The lowest BCUT2D eigenvalue weighted by Gasteiger charge is -2.41. The van der Waals surface area contributed by atoms with Crippen LogP contribution in [0.3, 0.4) is 0 Å². The number of nitrogens with zero attached hydrogens (tertiary/aromatic N) is 1.